The van der Waals surface area contributed by atoms with E-state index in [-0.39, 0.29) is 0 Å². The molecule has 0 fully saturated rings. The largest absolute Gasteiger partial charge is 0.474 e. The fourth-order valence-electron chi connectivity index (χ4n) is 0.809. The van der Waals surface area contributed by atoms with Gasteiger partial charge in [0.1, 0.15) is 0 Å². The number of carbonyl (C=O) groups is 2. The van der Waals surface area contributed by atoms with Gasteiger partial charge < -0.3 is 5.11 Å². The van der Waals surface area contributed by atoms with Crippen LogP contribution in [0.4, 0.5) is 5.69 Å². The Morgan fingerprint density at radius 1 is 1.23 bits per heavy atom. The van der Waals surface area contributed by atoms with Crippen LogP contribution in [-0.4, -0.2) is 17.0 Å². The van der Waals surface area contributed by atoms with Crippen LogP contribution in [-0.2, 0) is 9.59 Å². The molecule has 5 nitrogen and oxygen atoms in total. The SMILES string of the molecule is NN(C(=O)C(=O)O)c1ccccc1. The maximum absolute atomic E-state index is 10.8. The molecule has 0 bridgehead atoms. The summed E-state index contributed by atoms with van der Waals surface area (Å²) in [5.41, 5.74) is 0.343. The zero-order chi connectivity index (χ0) is 9.84. The van der Waals surface area contributed by atoms with E-state index in [1.807, 2.05) is 0 Å². The van der Waals surface area contributed by atoms with Gasteiger partial charge in [-0.15, -0.1) is 0 Å². The number of carbonyl (C=O) groups excluding carboxylic acids is 1. The molecular formula is C8H8N2O3. The Labute approximate surface area is 74.3 Å². The molecule has 1 amide bonds. The van der Waals surface area contributed by atoms with Gasteiger partial charge in [-0.2, -0.15) is 0 Å². The van der Waals surface area contributed by atoms with Crippen molar-refractivity contribution >= 4 is 17.6 Å². The van der Waals surface area contributed by atoms with Crippen LogP contribution in [0.1, 0.15) is 0 Å². The second-order valence-corrected chi connectivity index (χ2v) is 2.32. The van der Waals surface area contributed by atoms with Gasteiger partial charge in [0.2, 0.25) is 0 Å². The van der Waals surface area contributed by atoms with Gasteiger partial charge in [-0.25, -0.2) is 15.6 Å². The van der Waals surface area contributed by atoms with Gasteiger partial charge in [0, 0.05) is 0 Å². The average molecular weight is 180 g/mol. The minimum atomic E-state index is -1.58. The van der Waals surface area contributed by atoms with E-state index in [1.165, 1.54) is 0 Å². The number of carboxylic acids is 1. The van der Waals surface area contributed by atoms with Crippen LogP contribution in [0, 0.1) is 0 Å². The minimum Gasteiger partial charge on any atom is -0.474 e. The van der Waals surface area contributed by atoms with Crippen molar-refractivity contribution in [3.05, 3.63) is 30.3 Å². The number of hydrogen-bond acceptors (Lipinski definition) is 3. The molecule has 1 rings (SSSR count). The molecule has 0 saturated heterocycles. The van der Waals surface area contributed by atoms with Crippen molar-refractivity contribution in [1.29, 1.82) is 0 Å². The number of hydrogen-bond donors (Lipinski definition) is 2. The van der Waals surface area contributed by atoms with Crippen LogP contribution in [0.5, 0.6) is 0 Å². The Hall–Kier alpha value is -1.88. The van der Waals surface area contributed by atoms with Crippen LogP contribution >= 0.6 is 0 Å². The highest BCUT2D eigenvalue weighted by Gasteiger charge is 2.18. The highest BCUT2D eigenvalue weighted by Crippen LogP contribution is 2.08. The van der Waals surface area contributed by atoms with Crippen molar-refractivity contribution in [1.82, 2.24) is 0 Å². The second kappa shape index (κ2) is 3.68. The molecule has 0 aliphatic heterocycles. The van der Waals surface area contributed by atoms with Crippen molar-refractivity contribution < 1.29 is 14.7 Å². The second-order valence-electron chi connectivity index (χ2n) is 2.32. The summed E-state index contributed by atoms with van der Waals surface area (Å²) in [6.07, 6.45) is 0. The number of hydrazine groups is 1. The summed E-state index contributed by atoms with van der Waals surface area (Å²) >= 11 is 0. The summed E-state index contributed by atoms with van der Waals surface area (Å²) in [4.78, 5) is 21.1. The van der Waals surface area contributed by atoms with Crippen molar-refractivity contribution in [2.45, 2.75) is 0 Å². The fourth-order valence-corrected chi connectivity index (χ4v) is 0.809. The summed E-state index contributed by atoms with van der Waals surface area (Å²) in [5.74, 6) is 2.50. The highest BCUT2D eigenvalue weighted by molar-refractivity contribution is 6.36. The van der Waals surface area contributed by atoms with Gasteiger partial charge in [0.05, 0.1) is 5.69 Å². The van der Waals surface area contributed by atoms with E-state index in [4.69, 9.17) is 10.9 Å². The normalized spacial score (nSPS) is 9.31. The average Bonchev–Trinajstić information content (AvgIpc) is 2.17. The number of para-hydroxylation sites is 1. The van der Waals surface area contributed by atoms with E-state index in [0.717, 1.165) is 0 Å². The van der Waals surface area contributed by atoms with E-state index in [1.54, 1.807) is 30.3 Å². The topological polar surface area (TPSA) is 83.6 Å². The van der Waals surface area contributed by atoms with E-state index in [0.29, 0.717) is 10.7 Å². The first-order chi connectivity index (χ1) is 6.13. The molecule has 5 heteroatoms. The Bertz CT molecular complexity index is 323. The van der Waals surface area contributed by atoms with E-state index in [9.17, 15) is 9.59 Å². The molecule has 0 spiro atoms. The zero-order valence-electron chi connectivity index (χ0n) is 6.68. The molecule has 0 atom stereocenters. The van der Waals surface area contributed by atoms with Crippen LogP contribution in [0.3, 0.4) is 0 Å². The van der Waals surface area contributed by atoms with Crippen LogP contribution in [0.15, 0.2) is 30.3 Å². The molecule has 1 aromatic rings. The van der Waals surface area contributed by atoms with Gasteiger partial charge in [0.15, 0.2) is 0 Å². The lowest BCUT2D eigenvalue weighted by atomic mass is 10.3. The predicted octanol–water partition coefficient (Wildman–Crippen LogP) is -0.0221. The number of rotatable bonds is 1. The van der Waals surface area contributed by atoms with Crippen molar-refractivity contribution in [2.75, 3.05) is 5.01 Å². The Kier molecular flexibility index (Phi) is 2.61. The zero-order valence-corrected chi connectivity index (χ0v) is 6.68. The molecule has 0 radical (unpaired) electrons. The quantitative estimate of drug-likeness (QED) is 0.275. The number of benzene rings is 1. The minimum absolute atomic E-state index is 0.343. The number of amides is 1. The summed E-state index contributed by atoms with van der Waals surface area (Å²) in [6.45, 7) is 0. The number of aliphatic carboxylic acids is 1. The molecule has 0 aliphatic rings. The lowest BCUT2D eigenvalue weighted by molar-refractivity contribution is -0.148. The fraction of sp³-hybridized carbons (Fsp3) is 0. The lowest BCUT2D eigenvalue weighted by Gasteiger charge is -2.12. The van der Waals surface area contributed by atoms with E-state index in [2.05, 4.69) is 0 Å². The van der Waals surface area contributed by atoms with Crippen molar-refractivity contribution in [3.63, 3.8) is 0 Å². The Morgan fingerprint density at radius 3 is 2.23 bits per heavy atom. The number of nitrogens with zero attached hydrogens (tertiary/aromatic N) is 1. The van der Waals surface area contributed by atoms with Gasteiger partial charge in [-0.05, 0) is 12.1 Å². The number of carboxylic acid groups (broad SMARTS) is 1. The maximum Gasteiger partial charge on any atom is 0.396 e. The third-order valence-corrected chi connectivity index (χ3v) is 1.44. The molecule has 1 aromatic carbocycles. The Morgan fingerprint density at radius 2 is 1.77 bits per heavy atom. The smallest absolute Gasteiger partial charge is 0.396 e. The molecule has 3 N–H and O–H groups in total. The van der Waals surface area contributed by atoms with Crippen LogP contribution in [0.2, 0.25) is 0 Å². The predicted molar refractivity (Wildman–Crippen MR) is 45.8 cm³/mol. The molecule has 0 aromatic heterocycles. The van der Waals surface area contributed by atoms with E-state index >= 15 is 0 Å². The first-order valence-electron chi connectivity index (χ1n) is 3.50. The van der Waals surface area contributed by atoms with Crippen molar-refractivity contribution in [2.24, 2.45) is 5.84 Å². The standard InChI is InChI=1S/C8H8N2O3/c9-10(7(11)8(12)13)6-4-2-1-3-5-6/h1-5H,9H2,(H,12,13). The first kappa shape index (κ1) is 9.21. The number of anilines is 1. The summed E-state index contributed by atoms with van der Waals surface area (Å²) in [5, 5.41) is 8.93. The third-order valence-electron chi connectivity index (χ3n) is 1.44. The molecule has 0 unspecified atom stereocenters. The van der Waals surface area contributed by atoms with Crippen molar-refractivity contribution in [3.8, 4) is 0 Å². The van der Waals surface area contributed by atoms with E-state index < -0.39 is 11.9 Å². The third kappa shape index (κ3) is 2.03. The maximum atomic E-state index is 10.8. The monoisotopic (exact) mass is 180 g/mol. The Balaban J connectivity index is 2.86. The van der Waals surface area contributed by atoms with Gasteiger partial charge in [-0.1, -0.05) is 18.2 Å². The molecule has 0 heterocycles. The molecule has 0 aliphatic carbocycles. The van der Waals surface area contributed by atoms with Crippen LogP contribution in [0.25, 0.3) is 0 Å². The molecule has 0 saturated carbocycles. The summed E-state index contributed by atoms with van der Waals surface area (Å²) in [7, 11) is 0. The highest BCUT2D eigenvalue weighted by atomic mass is 16.4. The van der Waals surface area contributed by atoms with Gasteiger partial charge >= 0.3 is 11.9 Å². The first-order valence-corrected chi connectivity index (χ1v) is 3.50. The summed E-state index contributed by atoms with van der Waals surface area (Å²) < 4.78 is 0. The molecular weight excluding hydrogens is 172 g/mol. The van der Waals surface area contributed by atoms with Gasteiger partial charge in [0.25, 0.3) is 0 Å². The van der Waals surface area contributed by atoms with Crippen LogP contribution < -0.4 is 10.9 Å². The lowest BCUT2D eigenvalue weighted by Crippen LogP contribution is -2.41. The molecule has 68 valence electrons. The summed E-state index contributed by atoms with van der Waals surface area (Å²) in [6, 6.07) is 8.14. The molecule has 13 heavy (non-hydrogen) atoms. The van der Waals surface area contributed by atoms with Gasteiger partial charge in [-0.3, -0.25) is 4.79 Å². The number of nitrogens with two attached hydrogens (primary N) is 1.